The van der Waals surface area contributed by atoms with Gasteiger partial charge in [0.05, 0.1) is 11.5 Å². The van der Waals surface area contributed by atoms with Crippen molar-refractivity contribution in [3.05, 3.63) is 16.9 Å². The van der Waals surface area contributed by atoms with Crippen molar-refractivity contribution in [3.63, 3.8) is 0 Å². The molecule has 24 heavy (non-hydrogen) atoms. The molecule has 0 bridgehead atoms. The van der Waals surface area contributed by atoms with E-state index >= 15 is 0 Å². The van der Waals surface area contributed by atoms with E-state index in [9.17, 15) is 10.2 Å². The molecule has 2 aromatic heterocycles. The minimum absolute atomic E-state index is 0.195. The van der Waals surface area contributed by atoms with Crippen LogP contribution in [-0.2, 0) is 4.74 Å². The first-order chi connectivity index (χ1) is 11.2. The van der Waals surface area contributed by atoms with Crippen molar-refractivity contribution in [1.29, 1.82) is 0 Å². The van der Waals surface area contributed by atoms with E-state index < -0.39 is 31.4 Å². The quantitative estimate of drug-likeness (QED) is 0.478. The molecule has 0 saturated carbocycles. The van der Waals surface area contributed by atoms with Crippen LogP contribution in [0.2, 0.25) is 0 Å². The maximum atomic E-state index is 10.4. The molecule has 132 valence electrons. The topological polar surface area (TPSA) is 109 Å². The molecule has 5 N–H and O–H groups in total. The number of aliphatic hydroxyl groups is 2. The Labute approximate surface area is 145 Å². The Morgan fingerprint density at radius 3 is 2.83 bits per heavy atom. The van der Waals surface area contributed by atoms with E-state index in [1.807, 2.05) is 0 Å². The van der Waals surface area contributed by atoms with Crippen molar-refractivity contribution in [2.24, 2.45) is 0 Å². The number of nitrogen functional groups attached to an aromatic ring is 1. The average molecular weight is 370 g/mol. The second-order valence-electron chi connectivity index (χ2n) is 6.91. The largest absolute Gasteiger partial charge is 0.388 e. The van der Waals surface area contributed by atoms with Crippen LogP contribution in [0.5, 0.6) is 0 Å². The number of nitrogens with one attached hydrogen (secondary N) is 1. The number of H-pyrrole nitrogens is 1. The number of aliphatic hydroxyl groups excluding tert-OH is 2. The molecule has 0 amide bonds. The molecule has 0 aromatic carbocycles. The lowest BCUT2D eigenvalue weighted by Gasteiger charge is -2.19. The molecule has 0 unspecified atom stereocenters. The second-order valence-corrected chi connectivity index (χ2v) is 11.6. The van der Waals surface area contributed by atoms with Crippen molar-refractivity contribution in [3.8, 4) is 0 Å². The number of hydrogen-bond donors (Lipinski definition) is 4. The Morgan fingerprint density at radius 2 is 2.17 bits per heavy atom. The van der Waals surface area contributed by atoms with Gasteiger partial charge in [0.1, 0.15) is 22.5 Å². The maximum absolute atomic E-state index is 10.4. The molecule has 3 rings (SSSR count). The van der Waals surface area contributed by atoms with Gasteiger partial charge in [0.25, 0.3) is 0 Å². The van der Waals surface area contributed by atoms with Crippen molar-refractivity contribution in [1.82, 2.24) is 14.5 Å². The number of anilines is 1. The summed E-state index contributed by atoms with van der Waals surface area (Å²) in [6, 6.07) is 1.79. The predicted molar refractivity (Wildman–Crippen MR) is 101 cm³/mol. The third-order valence-electron chi connectivity index (χ3n) is 4.23. The molecule has 9 heteroatoms. The van der Waals surface area contributed by atoms with Crippen LogP contribution in [0.3, 0.4) is 0 Å². The third kappa shape index (κ3) is 3.30. The van der Waals surface area contributed by atoms with Crippen LogP contribution in [-0.4, -0.2) is 68.9 Å². The van der Waals surface area contributed by atoms with E-state index in [2.05, 4.69) is 29.6 Å². The van der Waals surface area contributed by atoms with E-state index in [0.29, 0.717) is 16.7 Å². The van der Waals surface area contributed by atoms with Gasteiger partial charge >= 0.3 is 0 Å². The van der Waals surface area contributed by atoms with Gasteiger partial charge < -0.3 is 30.2 Å². The molecule has 3 heterocycles. The van der Waals surface area contributed by atoms with E-state index in [0.717, 1.165) is 11.5 Å². The number of nitrogens with zero attached hydrogens (tertiary/aromatic N) is 2. The number of ether oxygens (including phenoxy) is 1. The summed E-state index contributed by atoms with van der Waals surface area (Å²) in [5, 5.41) is 21.5. The van der Waals surface area contributed by atoms with Gasteiger partial charge in [-0.1, -0.05) is 12.2 Å². The molecule has 7 nitrogen and oxygen atoms in total. The molecule has 1 aliphatic rings. The zero-order valence-corrected chi connectivity index (χ0v) is 15.4. The zero-order valence-electron chi connectivity index (χ0n) is 13.7. The highest BCUT2D eigenvalue weighted by atomic mass is 32.1. The number of hydrogen-bond acceptors (Lipinski definition) is 6. The minimum atomic E-state index is -1.22. The highest BCUT2D eigenvalue weighted by Gasteiger charge is 2.43. The third-order valence-corrected chi connectivity index (χ3v) is 6.02. The number of rotatable bonds is 4. The maximum Gasteiger partial charge on any atom is 0.200 e. The summed E-state index contributed by atoms with van der Waals surface area (Å²) in [5.41, 5.74) is 6.26. The van der Waals surface area contributed by atoms with Crippen molar-refractivity contribution in [2.45, 2.75) is 31.0 Å². The molecule has 4 atom stereocenters. The SMILES string of the molecule is C=P(C)(C)CC[C@H]1O[C@@H](n2ccc3c(=S)[nH]c(N)nc32)[C@H](O)[C@@H]1O. The van der Waals surface area contributed by atoms with Gasteiger partial charge in [0.2, 0.25) is 0 Å². The predicted octanol–water partition coefficient (Wildman–Crippen LogP) is 1.39. The monoisotopic (exact) mass is 370 g/mol. The Hall–Kier alpha value is -1.18. The van der Waals surface area contributed by atoms with Crippen LogP contribution < -0.4 is 5.73 Å². The second kappa shape index (κ2) is 6.28. The smallest absolute Gasteiger partial charge is 0.200 e. The average Bonchev–Trinajstić information content (AvgIpc) is 3.00. The van der Waals surface area contributed by atoms with E-state index in [-0.39, 0.29) is 5.95 Å². The number of aromatic amines is 1. The standard InChI is InChI=1S/C15H23N4O3PS/c1-23(2,3)7-5-9-10(20)11(21)14(22-9)19-6-4-8-12(19)17-15(16)18-13(8)24/h4,6,9-11,14,20-21H,1,5,7H2,2-3H3,(H3,16,17,18,24)/t9-,10-,11-,14-/m1/s1. The Balaban J connectivity index is 1.90. The van der Waals surface area contributed by atoms with Gasteiger partial charge in [-0.05, 0) is 32.0 Å². The summed E-state index contributed by atoms with van der Waals surface area (Å²) >= 11 is 5.24. The summed E-state index contributed by atoms with van der Waals surface area (Å²) < 4.78 is 8.09. The lowest BCUT2D eigenvalue weighted by molar-refractivity contribution is -0.0350. The van der Waals surface area contributed by atoms with Gasteiger partial charge in [-0.3, -0.25) is 0 Å². The van der Waals surface area contributed by atoms with Gasteiger partial charge in [-0.15, -0.1) is 13.2 Å². The molecular weight excluding hydrogens is 347 g/mol. The van der Waals surface area contributed by atoms with Gasteiger partial charge in [-0.2, -0.15) is 4.98 Å². The lowest BCUT2D eigenvalue weighted by atomic mass is 10.1. The molecule has 1 aliphatic heterocycles. The fraction of sp³-hybridized carbons (Fsp3) is 0.533. The lowest BCUT2D eigenvalue weighted by Crippen LogP contribution is -2.31. The fourth-order valence-corrected chi connectivity index (χ4v) is 4.16. The highest BCUT2D eigenvalue weighted by molar-refractivity contribution is 7.72. The zero-order chi connectivity index (χ0) is 17.6. The molecular formula is C15H23N4O3PS. The van der Waals surface area contributed by atoms with Gasteiger partial charge in [0.15, 0.2) is 12.2 Å². The number of nitrogens with two attached hydrogens (primary N) is 1. The van der Waals surface area contributed by atoms with Gasteiger partial charge in [0, 0.05) is 6.20 Å². The van der Waals surface area contributed by atoms with Crippen molar-refractivity contribution >= 4 is 42.4 Å². The van der Waals surface area contributed by atoms with Crippen molar-refractivity contribution in [2.75, 3.05) is 25.2 Å². The van der Waals surface area contributed by atoms with Crippen LogP contribution in [0.25, 0.3) is 11.0 Å². The molecule has 0 spiro atoms. The normalized spacial score (nSPS) is 27.8. The van der Waals surface area contributed by atoms with Crippen LogP contribution in [0.4, 0.5) is 5.95 Å². The fourth-order valence-electron chi connectivity index (χ4n) is 2.94. The summed E-state index contributed by atoms with van der Waals surface area (Å²) in [7, 11) is 0. The first kappa shape index (κ1) is 17.6. The van der Waals surface area contributed by atoms with E-state index in [4.69, 9.17) is 22.7 Å². The minimum Gasteiger partial charge on any atom is -0.388 e. The van der Waals surface area contributed by atoms with Crippen LogP contribution in [0.1, 0.15) is 12.6 Å². The van der Waals surface area contributed by atoms with Crippen LogP contribution >= 0.6 is 19.1 Å². The molecule has 1 saturated heterocycles. The van der Waals surface area contributed by atoms with Gasteiger partial charge in [-0.25, -0.2) is 0 Å². The number of fused-ring (bicyclic) bond motifs is 1. The molecule has 0 aliphatic carbocycles. The summed E-state index contributed by atoms with van der Waals surface area (Å²) in [5.74, 6) is 0.195. The summed E-state index contributed by atoms with van der Waals surface area (Å²) in [6.45, 7) is 3.05. The number of aromatic nitrogens is 3. The van der Waals surface area contributed by atoms with E-state index in [1.165, 1.54) is 0 Å². The molecule has 1 fully saturated rings. The first-order valence-electron chi connectivity index (χ1n) is 7.72. The van der Waals surface area contributed by atoms with E-state index in [1.54, 1.807) is 16.8 Å². The Bertz CT molecular complexity index is 858. The Kier molecular flexibility index (Phi) is 4.61. The van der Waals surface area contributed by atoms with Crippen molar-refractivity contribution < 1.29 is 14.9 Å². The highest BCUT2D eigenvalue weighted by Crippen LogP contribution is 2.40. The molecule has 2 aromatic rings. The van der Waals surface area contributed by atoms with Crippen LogP contribution in [0, 0.1) is 4.64 Å². The summed E-state index contributed by atoms with van der Waals surface area (Å²) in [4.78, 5) is 7.05. The summed E-state index contributed by atoms with van der Waals surface area (Å²) in [6.07, 6.45) is 4.31. The first-order valence-corrected chi connectivity index (χ1v) is 11.2. The van der Waals surface area contributed by atoms with Crippen LogP contribution in [0.15, 0.2) is 12.3 Å². The Morgan fingerprint density at radius 1 is 1.46 bits per heavy atom. The molecule has 0 radical (unpaired) electrons.